The van der Waals surface area contributed by atoms with E-state index in [1.807, 2.05) is 12.1 Å². The first kappa shape index (κ1) is 12.0. The Labute approximate surface area is 102 Å². The Balaban J connectivity index is 2.33. The minimum atomic E-state index is -0.0232. The lowest BCUT2D eigenvalue weighted by molar-refractivity contribution is 0.323. The maximum Gasteiger partial charge on any atom is 0.203 e. The van der Waals surface area contributed by atoms with Crippen LogP contribution in [0.2, 0.25) is 0 Å². The summed E-state index contributed by atoms with van der Waals surface area (Å²) < 4.78 is 15.9. The van der Waals surface area contributed by atoms with Crippen molar-refractivity contribution >= 4 is 0 Å². The molecule has 1 saturated carbocycles. The second-order valence-electron chi connectivity index (χ2n) is 4.57. The second kappa shape index (κ2) is 4.45. The molecule has 0 atom stereocenters. The first-order chi connectivity index (χ1) is 8.11. The van der Waals surface area contributed by atoms with Crippen LogP contribution in [0.4, 0.5) is 0 Å². The standard InChI is InChI=1S/C13H19NO3/c1-15-10-6-9(8-13(14)4-5-13)7-11(16-2)12(10)17-3/h6-7H,4-5,8,14H2,1-3H3. The van der Waals surface area contributed by atoms with E-state index < -0.39 is 0 Å². The maximum atomic E-state index is 6.12. The fourth-order valence-electron chi connectivity index (χ4n) is 1.98. The van der Waals surface area contributed by atoms with Gasteiger partial charge in [-0.05, 0) is 37.0 Å². The highest BCUT2D eigenvalue weighted by molar-refractivity contribution is 5.54. The lowest BCUT2D eigenvalue weighted by Crippen LogP contribution is -2.24. The zero-order valence-corrected chi connectivity index (χ0v) is 10.6. The van der Waals surface area contributed by atoms with Crippen LogP contribution in [0.3, 0.4) is 0 Å². The van der Waals surface area contributed by atoms with E-state index in [4.69, 9.17) is 19.9 Å². The van der Waals surface area contributed by atoms with Gasteiger partial charge in [-0.1, -0.05) is 0 Å². The average molecular weight is 237 g/mol. The summed E-state index contributed by atoms with van der Waals surface area (Å²) in [5.74, 6) is 2.00. The van der Waals surface area contributed by atoms with Crippen LogP contribution in [0.25, 0.3) is 0 Å². The molecule has 0 aliphatic heterocycles. The molecule has 0 spiro atoms. The zero-order chi connectivity index (χ0) is 12.5. The van der Waals surface area contributed by atoms with Crippen LogP contribution in [-0.2, 0) is 6.42 Å². The molecule has 17 heavy (non-hydrogen) atoms. The van der Waals surface area contributed by atoms with Crippen LogP contribution in [0.5, 0.6) is 17.2 Å². The number of nitrogens with two attached hydrogens (primary N) is 1. The third kappa shape index (κ3) is 2.47. The van der Waals surface area contributed by atoms with E-state index in [0.29, 0.717) is 17.2 Å². The lowest BCUT2D eigenvalue weighted by Gasteiger charge is -2.15. The Morgan fingerprint density at radius 2 is 1.59 bits per heavy atom. The van der Waals surface area contributed by atoms with Gasteiger partial charge in [-0.25, -0.2) is 0 Å². The van der Waals surface area contributed by atoms with Crippen molar-refractivity contribution in [3.05, 3.63) is 17.7 Å². The fraction of sp³-hybridized carbons (Fsp3) is 0.538. The Morgan fingerprint density at radius 3 is 1.94 bits per heavy atom. The van der Waals surface area contributed by atoms with E-state index in [1.54, 1.807) is 21.3 Å². The second-order valence-corrected chi connectivity index (χ2v) is 4.57. The molecule has 0 amide bonds. The molecule has 2 rings (SSSR count). The van der Waals surface area contributed by atoms with Gasteiger partial charge in [0, 0.05) is 5.54 Å². The van der Waals surface area contributed by atoms with E-state index >= 15 is 0 Å². The van der Waals surface area contributed by atoms with Crippen LogP contribution in [-0.4, -0.2) is 26.9 Å². The van der Waals surface area contributed by atoms with E-state index in [0.717, 1.165) is 24.8 Å². The Kier molecular flexibility index (Phi) is 3.15. The van der Waals surface area contributed by atoms with Crippen molar-refractivity contribution in [2.75, 3.05) is 21.3 Å². The third-order valence-electron chi connectivity index (χ3n) is 3.17. The summed E-state index contributed by atoms with van der Waals surface area (Å²) in [6, 6.07) is 3.93. The molecule has 1 aliphatic carbocycles. The van der Waals surface area contributed by atoms with Crippen molar-refractivity contribution in [2.24, 2.45) is 5.73 Å². The van der Waals surface area contributed by atoms with Crippen molar-refractivity contribution in [3.8, 4) is 17.2 Å². The van der Waals surface area contributed by atoms with Crippen molar-refractivity contribution in [1.29, 1.82) is 0 Å². The number of hydrogen-bond acceptors (Lipinski definition) is 4. The van der Waals surface area contributed by atoms with E-state index in [1.165, 1.54) is 0 Å². The highest BCUT2D eigenvalue weighted by Crippen LogP contribution is 2.41. The molecule has 0 radical (unpaired) electrons. The van der Waals surface area contributed by atoms with Gasteiger partial charge in [-0.15, -0.1) is 0 Å². The predicted molar refractivity (Wildman–Crippen MR) is 66.0 cm³/mol. The summed E-state index contributed by atoms with van der Waals surface area (Å²) in [4.78, 5) is 0. The minimum Gasteiger partial charge on any atom is -0.493 e. The molecule has 1 aromatic carbocycles. The monoisotopic (exact) mass is 237 g/mol. The molecule has 0 saturated heterocycles. The Hall–Kier alpha value is -1.42. The summed E-state index contributed by atoms with van der Waals surface area (Å²) >= 11 is 0. The average Bonchev–Trinajstić information content (AvgIpc) is 3.05. The van der Waals surface area contributed by atoms with Crippen LogP contribution in [0.1, 0.15) is 18.4 Å². The Bertz CT molecular complexity index is 388. The quantitative estimate of drug-likeness (QED) is 0.847. The maximum absolute atomic E-state index is 6.12. The predicted octanol–water partition coefficient (Wildman–Crippen LogP) is 1.75. The SMILES string of the molecule is COc1cc(CC2(N)CC2)cc(OC)c1OC. The van der Waals surface area contributed by atoms with Gasteiger partial charge < -0.3 is 19.9 Å². The summed E-state index contributed by atoms with van der Waals surface area (Å²) in [7, 11) is 4.85. The largest absolute Gasteiger partial charge is 0.493 e. The Morgan fingerprint density at radius 1 is 1.06 bits per heavy atom. The van der Waals surface area contributed by atoms with Crippen LogP contribution in [0, 0.1) is 0 Å². The van der Waals surface area contributed by atoms with Gasteiger partial charge >= 0.3 is 0 Å². The normalized spacial score (nSPS) is 16.5. The molecular weight excluding hydrogens is 218 g/mol. The van der Waals surface area contributed by atoms with E-state index in [-0.39, 0.29) is 5.54 Å². The van der Waals surface area contributed by atoms with Crippen molar-refractivity contribution in [1.82, 2.24) is 0 Å². The summed E-state index contributed by atoms with van der Waals surface area (Å²) in [5, 5.41) is 0. The first-order valence-corrected chi connectivity index (χ1v) is 5.69. The topological polar surface area (TPSA) is 53.7 Å². The molecule has 1 aliphatic rings. The molecule has 94 valence electrons. The van der Waals surface area contributed by atoms with Gasteiger partial charge in [0.1, 0.15) is 0 Å². The molecule has 0 aromatic heterocycles. The summed E-state index contributed by atoms with van der Waals surface area (Å²) in [5.41, 5.74) is 7.22. The van der Waals surface area contributed by atoms with Gasteiger partial charge in [0.05, 0.1) is 21.3 Å². The molecule has 0 unspecified atom stereocenters. The van der Waals surface area contributed by atoms with Crippen molar-refractivity contribution in [3.63, 3.8) is 0 Å². The number of ether oxygens (including phenoxy) is 3. The van der Waals surface area contributed by atoms with Crippen LogP contribution >= 0.6 is 0 Å². The third-order valence-corrected chi connectivity index (χ3v) is 3.17. The molecule has 4 nitrogen and oxygen atoms in total. The van der Waals surface area contributed by atoms with Gasteiger partial charge in [0.15, 0.2) is 11.5 Å². The fourth-order valence-corrected chi connectivity index (χ4v) is 1.98. The summed E-state index contributed by atoms with van der Waals surface area (Å²) in [6.45, 7) is 0. The minimum absolute atomic E-state index is 0.0232. The molecule has 4 heteroatoms. The van der Waals surface area contributed by atoms with Crippen LogP contribution < -0.4 is 19.9 Å². The van der Waals surface area contributed by atoms with Crippen molar-refractivity contribution < 1.29 is 14.2 Å². The first-order valence-electron chi connectivity index (χ1n) is 5.69. The highest BCUT2D eigenvalue weighted by Gasteiger charge is 2.38. The molecule has 0 heterocycles. The molecule has 2 N–H and O–H groups in total. The molecule has 1 fully saturated rings. The van der Waals surface area contributed by atoms with E-state index in [9.17, 15) is 0 Å². The van der Waals surface area contributed by atoms with Gasteiger partial charge in [-0.2, -0.15) is 0 Å². The smallest absolute Gasteiger partial charge is 0.203 e. The number of rotatable bonds is 5. The number of methoxy groups -OCH3 is 3. The molecule has 1 aromatic rings. The lowest BCUT2D eigenvalue weighted by atomic mass is 10.0. The summed E-state index contributed by atoms with van der Waals surface area (Å²) in [6.07, 6.45) is 3.02. The van der Waals surface area contributed by atoms with Gasteiger partial charge in [0.2, 0.25) is 5.75 Å². The van der Waals surface area contributed by atoms with E-state index in [2.05, 4.69) is 0 Å². The van der Waals surface area contributed by atoms with Crippen molar-refractivity contribution in [2.45, 2.75) is 24.8 Å². The number of benzene rings is 1. The zero-order valence-electron chi connectivity index (χ0n) is 10.6. The highest BCUT2D eigenvalue weighted by atomic mass is 16.5. The molecule has 0 bridgehead atoms. The van der Waals surface area contributed by atoms with Gasteiger partial charge in [-0.3, -0.25) is 0 Å². The number of hydrogen-bond donors (Lipinski definition) is 1. The van der Waals surface area contributed by atoms with Crippen LogP contribution in [0.15, 0.2) is 12.1 Å². The van der Waals surface area contributed by atoms with Gasteiger partial charge in [0.25, 0.3) is 0 Å². The molecular formula is C13H19NO3.